The summed E-state index contributed by atoms with van der Waals surface area (Å²) in [5.41, 5.74) is 1.76. The summed E-state index contributed by atoms with van der Waals surface area (Å²) in [5.74, 6) is 0.823. The number of aryl methyl sites for hydroxylation is 1. The minimum absolute atomic E-state index is 0.319. The van der Waals surface area contributed by atoms with E-state index in [4.69, 9.17) is 0 Å². The molecule has 0 bridgehead atoms. The molecule has 0 aliphatic carbocycles. The van der Waals surface area contributed by atoms with Crippen molar-refractivity contribution >= 4 is 0 Å². The Morgan fingerprint density at radius 1 is 1.32 bits per heavy atom. The Hall–Kier alpha value is -0.830. The highest BCUT2D eigenvalue weighted by Gasteiger charge is 2.31. The summed E-state index contributed by atoms with van der Waals surface area (Å²) < 4.78 is 2.39. The number of hydrogen-bond acceptors (Lipinski definition) is 2. The van der Waals surface area contributed by atoms with E-state index in [1.54, 1.807) is 0 Å². The molecule has 1 aromatic heterocycles. The second-order valence-corrected chi connectivity index (χ2v) is 6.67. The summed E-state index contributed by atoms with van der Waals surface area (Å²) in [6.07, 6.45) is 10.5. The zero-order valence-corrected chi connectivity index (χ0v) is 12.8. The van der Waals surface area contributed by atoms with Gasteiger partial charge < -0.3 is 9.88 Å². The van der Waals surface area contributed by atoms with E-state index in [9.17, 15) is 0 Å². The van der Waals surface area contributed by atoms with Gasteiger partial charge in [-0.2, -0.15) is 0 Å². The summed E-state index contributed by atoms with van der Waals surface area (Å²) in [6.45, 7) is 10.4. The fraction of sp³-hybridized carbons (Fsp3) is 0.812. The van der Waals surface area contributed by atoms with Crippen LogP contribution in [0.25, 0.3) is 0 Å². The molecule has 2 heterocycles. The Balaban J connectivity index is 1.93. The first-order valence-corrected chi connectivity index (χ1v) is 7.83. The van der Waals surface area contributed by atoms with Gasteiger partial charge in [-0.15, -0.1) is 0 Å². The second-order valence-electron chi connectivity index (χ2n) is 6.67. The lowest BCUT2D eigenvalue weighted by Crippen LogP contribution is -2.39. The lowest BCUT2D eigenvalue weighted by Gasteiger charge is -2.34. The number of nitrogens with zero attached hydrogens (tertiary/aromatic N) is 2. The van der Waals surface area contributed by atoms with Crippen LogP contribution in [0.3, 0.4) is 0 Å². The number of nitrogens with one attached hydrogen (secondary N) is 1. The number of hydrogen-bond donors (Lipinski definition) is 1. The number of rotatable bonds is 6. The van der Waals surface area contributed by atoms with Crippen LogP contribution in [0.1, 0.15) is 58.6 Å². The van der Waals surface area contributed by atoms with Gasteiger partial charge in [0.15, 0.2) is 0 Å². The molecule has 3 heteroatoms. The van der Waals surface area contributed by atoms with Gasteiger partial charge in [-0.3, -0.25) is 0 Å². The van der Waals surface area contributed by atoms with Crippen molar-refractivity contribution < 1.29 is 0 Å². The van der Waals surface area contributed by atoms with Gasteiger partial charge in [-0.05, 0) is 38.3 Å². The topological polar surface area (TPSA) is 29.9 Å². The highest BCUT2D eigenvalue weighted by Crippen LogP contribution is 2.32. The maximum absolute atomic E-state index is 4.40. The molecule has 2 rings (SSSR count). The highest BCUT2D eigenvalue weighted by molar-refractivity contribution is 5.15. The summed E-state index contributed by atoms with van der Waals surface area (Å²) in [7, 11) is 0. The van der Waals surface area contributed by atoms with Crippen LogP contribution in [-0.2, 0) is 12.0 Å². The van der Waals surface area contributed by atoms with Crippen LogP contribution in [0.15, 0.2) is 12.5 Å². The standard InChI is InChI=1S/C16H29N3/c1-14(2)6-4-5-11-19-13-18-12-15(19)16(3)7-9-17-10-8-16/h12-14,17H,4-11H2,1-3H3. The van der Waals surface area contributed by atoms with Gasteiger partial charge in [0.25, 0.3) is 0 Å². The SMILES string of the molecule is CC(C)CCCCn1cncc1C1(C)CCNCC1. The molecular formula is C16H29N3. The van der Waals surface area contributed by atoms with Gasteiger partial charge in [-0.1, -0.05) is 33.6 Å². The van der Waals surface area contributed by atoms with Crippen molar-refractivity contribution in [3.63, 3.8) is 0 Å². The first-order chi connectivity index (χ1) is 9.12. The average Bonchev–Trinajstić information content (AvgIpc) is 2.84. The van der Waals surface area contributed by atoms with E-state index in [1.165, 1.54) is 37.8 Å². The van der Waals surface area contributed by atoms with Gasteiger partial charge in [-0.25, -0.2) is 4.98 Å². The van der Waals surface area contributed by atoms with Crippen molar-refractivity contribution in [1.29, 1.82) is 0 Å². The van der Waals surface area contributed by atoms with Crippen molar-refractivity contribution in [2.45, 2.75) is 64.8 Å². The van der Waals surface area contributed by atoms with Gasteiger partial charge >= 0.3 is 0 Å². The molecule has 19 heavy (non-hydrogen) atoms. The number of unbranched alkanes of at least 4 members (excludes halogenated alkanes) is 1. The van der Waals surface area contributed by atoms with Crippen LogP contribution < -0.4 is 5.32 Å². The predicted molar refractivity (Wildman–Crippen MR) is 80.4 cm³/mol. The first-order valence-electron chi connectivity index (χ1n) is 7.83. The number of aromatic nitrogens is 2. The molecule has 0 saturated carbocycles. The Bertz CT molecular complexity index is 375. The second kappa shape index (κ2) is 6.56. The van der Waals surface area contributed by atoms with E-state index >= 15 is 0 Å². The Morgan fingerprint density at radius 3 is 2.74 bits per heavy atom. The van der Waals surface area contributed by atoms with Crippen molar-refractivity contribution in [1.82, 2.24) is 14.9 Å². The van der Waals surface area contributed by atoms with Crippen molar-refractivity contribution in [2.24, 2.45) is 5.92 Å². The molecule has 0 radical (unpaired) electrons. The maximum Gasteiger partial charge on any atom is 0.0948 e. The lowest BCUT2D eigenvalue weighted by molar-refractivity contribution is 0.315. The van der Waals surface area contributed by atoms with Crippen LogP contribution in [0.4, 0.5) is 0 Å². The minimum Gasteiger partial charge on any atom is -0.334 e. The third-order valence-corrected chi connectivity index (χ3v) is 4.47. The summed E-state index contributed by atoms with van der Waals surface area (Å²) in [5, 5.41) is 3.46. The van der Waals surface area contributed by atoms with Crippen LogP contribution in [-0.4, -0.2) is 22.6 Å². The van der Waals surface area contributed by atoms with Crippen molar-refractivity contribution in [2.75, 3.05) is 13.1 Å². The molecule has 108 valence electrons. The predicted octanol–water partition coefficient (Wildman–Crippen LogP) is 3.35. The quantitative estimate of drug-likeness (QED) is 0.798. The molecule has 1 aliphatic rings. The molecule has 0 spiro atoms. The van der Waals surface area contributed by atoms with E-state index in [0.717, 1.165) is 25.6 Å². The van der Waals surface area contributed by atoms with Crippen LogP contribution in [0.5, 0.6) is 0 Å². The normalized spacial score (nSPS) is 18.9. The molecule has 1 fully saturated rings. The third kappa shape index (κ3) is 3.82. The molecule has 0 amide bonds. The molecule has 0 unspecified atom stereocenters. The largest absolute Gasteiger partial charge is 0.334 e. The average molecular weight is 263 g/mol. The van der Waals surface area contributed by atoms with Crippen molar-refractivity contribution in [3.8, 4) is 0 Å². The van der Waals surface area contributed by atoms with Crippen molar-refractivity contribution in [3.05, 3.63) is 18.2 Å². The number of piperidine rings is 1. The van der Waals surface area contributed by atoms with Gasteiger partial charge in [0.2, 0.25) is 0 Å². The van der Waals surface area contributed by atoms with Crippen LogP contribution >= 0.6 is 0 Å². The zero-order chi connectivity index (χ0) is 13.7. The van der Waals surface area contributed by atoms with Crippen LogP contribution in [0.2, 0.25) is 0 Å². The Morgan fingerprint density at radius 2 is 2.05 bits per heavy atom. The Labute approximate surface area is 117 Å². The molecule has 3 nitrogen and oxygen atoms in total. The molecule has 1 N–H and O–H groups in total. The maximum atomic E-state index is 4.40. The number of imidazole rings is 1. The summed E-state index contributed by atoms with van der Waals surface area (Å²) in [4.78, 5) is 4.40. The van der Waals surface area contributed by atoms with E-state index in [1.807, 2.05) is 6.33 Å². The fourth-order valence-electron chi connectivity index (χ4n) is 3.07. The monoisotopic (exact) mass is 263 g/mol. The Kier molecular flexibility index (Phi) is 5.03. The highest BCUT2D eigenvalue weighted by atomic mass is 15.1. The minimum atomic E-state index is 0.319. The molecular weight excluding hydrogens is 234 g/mol. The smallest absolute Gasteiger partial charge is 0.0948 e. The van der Waals surface area contributed by atoms with E-state index in [0.29, 0.717) is 5.41 Å². The molecule has 1 saturated heterocycles. The van der Waals surface area contributed by atoms with Gasteiger partial charge in [0, 0.05) is 23.9 Å². The zero-order valence-electron chi connectivity index (χ0n) is 12.8. The first kappa shape index (κ1) is 14.6. The summed E-state index contributed by atoms with van der Waals surface area (Å²) in [6, 6.07) is 0. The van der Waals surface area contributed by atoms with Gasteiger partial charge in [0.05, 0.1) is 6.33 Å². The summed E-state index contributed by atoms with van der Waals surface area (Å²) >= 11 is 0. The fourth-order valence-corrected chi connectivity index (χ4v) is 3.07. The lowest BCUT2D eigenvalue weighted by atomic mass is 9.78. The molecule has 0 aromatic carbocycles. The molecule has 0 atom stereocenters. The van der Waals surface area contributed by atoms with E-state index in [2.05, 4.69) is 41.8 Å². The molecule has 1 aromatic rings. The van der Waals surface area contributed by atoms with Crippen LogP contribution in [0, 0.1) is 5.92 Å². The third-order valence-electron chi connectivity index (χ3n) is 4.47. The van der Waals surface area contributed by atoms with E-state index in [-0.39, 0.29) is 0 Å². The van der Waals surface area contributed by atoms with E-state index < -0.39 is 0 Å². The molecule has 1 aliphatic heterocycles. The van der Waals surface area contributed by atoms with Gasteiger partial charge in [0.1, 0.15) is 0 Å².